The summed E-state index contributed by atoms with van der Waals surface area (Å²) in [4.78, 5) is 15.5. The van der Waals surface area contributed by atoms with Gasteiger partial charge in [-0.2, -0.15) is 0 Å². The first kappa shape index (κ1) is 14.0. The molecule has 0 saturated carbocycles. The largest absolute Gasteiger partial charge is 0.351 e. The van der Waals surface area contributed by atoms with Gasteiger partial charge in [0.1, 0.15) is 0 Å². The molecule has 0 aliphatic carbocycles. The molecule has 0 radical (unpaired) electrons. The average Bonchev–Trinajstić information content (AvgIpc) is 2.95. The van der Waals surface area contributed by atoms with Gasteiger partial charge in [0.15, 0.2) is 9.84 Å². The quantitative estimate of drug-likeness (QED) is 0.877. The summed E-state index contributed by atoms with van der Waals surface area (Å²) in [6, 6.07) is 1.92. The highest BCUT2D eigenvalue weighted by Gasteiger charge is 2.29. The lowest BCUT2D eigenvalue weighted by Gasteiger charge is -2.26. The van der Waals surface area contributed by atoms with Crippen LogP contribution in [0.1, 0.15) is 16.9 Å². The van der Waals surface area contributed by atoms with Crippen molar-refractivity contribution in [2.24, 2.45) is 0 Å². The van der Waals surface area contributed by atoms with Crippen LogP contribution in [0.4, 0.5) is 0 Å². The first-order chi connectivity index (χ1) is 9.52. The number of amides is 1. The van der Waals surface area contributed by atoms with Crippen molar-refractivity contribution in [3.8, 4) is 0 Å². The molecule has 0 aromatic carbocycles. The van der Waals surface area contributed by atoms with Gasteiger partial charge in [0.25, 0.3) is 0 Å². The number of thiophene rings is 1. The molecular formula is C13H18N2O3S2. The van der Waals surface area contributed by atoms with Crippen molar-refractivity contribution in [3.05, 3.63) is 21.9 Å². The Bertz CT molecular complexity index is 609. The number of rotatable bonds is 3. The fourth-order valence-electron chi connectivity index (χ4n) is 2.83. The third kappa shape index (κ3) is 3.21. The summed E-state index contributed by atoms with van der Waals surface area (Å²) in [6.07, 6.45) is 1.54. The predicted molar refractivity (Wildman–Crippen MR) is 78.5 cm³/mol. The molecule has 1 amide bonds. The Kier molecular flexibility index (Phi) is 3.83. The van der Waals surface area contributed by atoms with Crippen LogP contribution in [0.25, 0.3) is 0 Å². The first-order valence-corrected chi connectivity index (χ1v) is 9.49. The Labute approximate surface area is 122 Å². The van der Waals surface area contributed by atoms with Crippen molar-refractivity contribution in [1.82, 2.24) is 10.2 Å². The molecular weight excluding hydrogens is 296 g/mol. The normalized spacial score (nSPS) is 25.3. The SMILES string of the molecule is O=C(CN1CCc2sccc2C1)NC1CCS(=O)(=O)C1. The molecule has 2 aliphatic heterocycles. The number of fused-ring (bicyclic) bond motifs is 1. The predicted octanol–water partition coefficient (Wildman–Crippen LogP) is 0.410. The zero-order valence-electron chi connectivity index (χ0n) is 11.2. The van der Waals surface area contributed by atoms with Gasteiger partial charge in [0.05, 0.1) is 18.1 Å². The van der Waals surface area contributed by atoms with E-state index in [4.69, 9.17) is 0 Å². The smallest absolute Gasteiger partial charge is 0.234 e. The van der Waals surface area contributed by atoms with Gasteiger partial charge in [-0.3, -0.25) is 9.69 Å². The molecule has 7 heteroatoms. The van der Waals surface area contributed by atoms with Crippen LogP contribution in [0.5, 0.6) is 0 Å². The van der Waals surface area contributed by atoms with E-state index in [0.717, 1.165) is 19.5 Å². The number of nitrogens with one attached hydrogen (secondary N) is 1. The van der Waals surface area contributed by atoms with Gasteiger partial charge < -0.3 is 5.32 Å². The molecule has 0 bridgehead atoms. The maximum atomic E-state index is 12.0. The Morgan fingerprint density at radius 1 is 1.50 bits per heavy atom. The highest BCUT2D eigenvalue weighted by Crippen LogP contribution is 2.23. The molecule has 1 aromatic rings. The van der Waals surface area contributed by atoms with E-state index in [1.54, 1.807) is 11.3 Å². The van der Waals surface area contributed by atoms with E-state index in [2.05, 4.69) is 21.7 Å². The fourth-order valence-corrected chi connectivity index (χ4v) is 5.39. The second-order valence-electron chi connectivity index (χ2n) is 5.50. The minimum absolute atomic E-state index is 0.0641. The second kappa shape index (κ2) is 5.46. The highest BCUT2D eigenvalue weighted by molar-refractivity contribution is 7.91. The van der Waals surface area contributed by atoms with Crippen LogP contribution in [-0.2, 0) is 27.6 Å². The van der Waals surface area contributed by atoms with E-state index >= 15 is 0 Å². The van der Waals surface area contributed by atoms with E-state index in [9.17, 15) is 13.2 Å². The number of sulfone groups is 1. The maximum absolute atomic E-state index is 12.0. The van der Waals surface area contributed by atoms with Crippen LogP contribution in [0.3, 0.4) is 0 Å². The molecule has 3 heterocycles. The van der Waals surface area contributed by atoms with Gasteiger partial charge in [-0.25, -0.2) is 8.42 Å². The average molecular weight is 314 g/mol. The molecule has 1 atom stereocenters. The zero-order valence-corrected chi connectivity index (χ0v) is 12.8. The van der Waals surface area contributed by atoms with Crippen molar-refractivity contribution >= 4 is 27.1 Å². The third-order valence-corrected chi connectivity index (χ3v) is 6.64. The van der Waals surface area contributed by atoms with Crippen LogP contribution in [0.2, 0.25) is 0 Å². The molecule has 3 rings (SSSR count). The van der Waals surface area contributed by atoms with Crippen molar-refractivity contribution in [2.75, 3.05) is 24.6 Å². The molecule has 0 spiro atoms. The third-order valence-electron chi connectivity index (χ3n) is 3.85. The summed E-state index contributed by atoms with van der Waals surface area (Å²) >= 11 is 1.78. The molecule has 1 N–H and O–H groups in total. The fraction of sp³-hybridized carbons (Fsp3) is 0.615. The summed E-state index contributed by atoms with van der Waals surface area (Å²) in [5.41, 5.74) is 1.32. The molecule has 2 aliphatic rings. The monoisotopic (exact) mass is 314 g/mol. The zero-order chi connectivity index (χ0) is 14.2. The number of hydrogen-bond acceptors (Lipinski definition) is 5. The molecule has 110 valence electrons. The highest BCUT2D eigenvalue weighted by atomic mass is 32.2. The van der Waals surface area contributed by atoms with Gasteiger partial charge in [-0.15, -0.1) is 11.3 Å². The number of nitrogens with zero attached hydrogens (tertiary/aromatic N) is 1. The number of hydrogen-bond donors (Lipinski definition) is 1. The lowest BCUT2D eigenvalue weighted by atomic mass is 10.1. The standard InChI is InChI=1S/C13H18N2O3S2/c16-13(14-11-3-6-20(17,18)9-11)8-15-4-1-12-10(7-15)2-5-19-12/h2,5,11H,1,3-4,6-9H2,(H,14,16). The van der Waals surface area contributed by atoms with Crippen molar-refractivity contribution in [1.29, 1.82) is 0 Å². The minimum Gasteiger partial charge on any atom is -0.351 e. The minimum atomic E-state index is -2.93. The van der Waals surface area contributed by atoms with Gasteiger partial charge in [0.2, 0.25) is 5.91 Å². The van der Waals surface area contributed by atoms with Crippen molar-refractivity contribution in [3.63, 3.8) is 0 Å². The molecule has 1 saturated heterocycles. The summed E-state index contributed by atoms with van der Waals surface area (Å²) in [7, 11) is -2.93. The molecule has 1 aromatic heterocycles. The molecule has 1 unspecified atom stereocenters. The molecule has 1 fully saturated rings. The van der Waals surface area contributed by atoms with Gasteiger partial charge in [-0.05, 0) is 29.9 Å². The Hall–Kier alpha value is -0.920. The van der Waals surface area contributed by atoms with E-state index in [0.29, 0.717) is 13.0 Å². The number of carbonyl (C=O) groups excluding carboxylic acids is 1. The van der Waals surface area contributed by atoms with E-state index in [-0.39, 0.29) is 23.5 Å². The van der Waals surface area contributed by atoms with E-state index in [1.807, 2.05) is 0 Å². The summed E-state index contributed by atoms with van der Waals surface area (Å²) in [5.74, 6) is 0.221. The van der Waals surface area contributed by atoms with E-state index < -0.39 is 9.84 Å². The van der Waals surface area contributed by atoms with Gasteiger partial charge in [0, 0.05) is 24.0 Å². The topological polar surface area (TPSA) is 66.5 Å². The maximum Gasteiger partial charge on any atom is 0.234 e. The summed E-state index contributed by atoms with van der Waals surface area (Å²) in [5, 5.41) is 4.94. The number of carbonyl (C=O) groups is 1. The molecule has 20 heavy (non-hydrogen) atoms. The Morgan fingerprint density at radius 3 is 3.10 bits per heavy atom. The van der Waals surface area contributed by atoms with Crippen LogP contribution in [0, 0.1) is 0 Å². The van der Waals surface area contributed by atoms with Gasteiger partial charge >= 0.3 is 0 Å². The van der Waals surface area contributed by atoms with Crippen molar-refractivity contribution < 1.29 is 13.2 Å². The van der Waals surface area contributed by atoms with Gasteiger partial charge in [-0.1, -0.05) is 0 Å². The molecule has 5 nitrogen and oxygen atoms in total. The second-order valence-corrected chi connectivity index (χ2v) is 8.73. The Balaban J connectivity index is 1.51. The summed E-state index contributed by atoms with van der Waals surface area (Å²) in [6.45, 7) is 2.06. The Morgan fingerprint density at radius 2 is 2.35 bits per heavy atom. The summed E-state index contributed by atoms with van der Waals surface area (Å²) < 4.78 is 22.7. The lowest BCUT2D eigenvalue weighted by molar-refractivity contribution is -0.123. The first-order valence-electron chi connectivity index (χ1n) is 6.79. The van der Waals surface area contributed by atoms with E-state index in [1.165, 1.54) is 10.4 Å². The van der Waals surface area contributed by atoms with Crippen molar-refractivity contribution in [2.45, 2.75) is 25.4 Å². The van der Waals surface area contributed by atoms with Crippen LogP contribution < -0.4 is 5.32 Å². The van der Waals surface area contributed by atoms with Crippen LogP contribution in [0.15, 0.2) is 11.4 Å². The van der Waals surface area contributed by atoms with Crippen LogP contribution in [-0.4, -0.2) is 49.9 Å². The lowest BCUT2D eigenvalue weighted by Crippen LogP contribution is -2.43. The van der Waals surface area contributed by atoms with Crippen LogP contribution >= 0.6 is 11.3 Å².